The molecule has 6 heteroatoms. The van der Waals surface area contributed by atoms with E-state index in [-0.39, 0.29) is 0 Å². The molecule has 0 radical (unpaired) electrons. The number of hydrogen-bond acceptors (Lipinski definition) is 6. The minimum atomic E-state index is 0.499. The Morgan fingerprint density at radius 2 is 1.95 bits per heavy atom. The molecule has 1 fully saturated rings. The van der Waals surface area contributed by atoms with E-state index in [9.17, 15) is 0 Å². The van der Waals surface area contributed by atoms with E-state index in [0.717, 1.165) is 11.0 Å². The van der Waals surface area contributed by atoms with E-state index in [0.29, 0.717) is 23.7 Å². The monoisotopic (exact) mass is 295 g/mol. The van der Waals surface area contributed by atoms with Gasteiger partial charge in [0.25, 0.3) is 0 Å². The molecule has 1 aliphatic rings. The average molecular weight is 295 g/mol. The topological polar surface area (TPSA) is 75.9 Å². The first-order valence-corrected chi connectivity index (χ1v) is 8.52. The van der Waals surface area contributed by atoms with Gasteiger partial charge in [0.2, 0.25) is 0 Å². The number of anilines is 2. The van der Waals surface area contributed by atoms with E-state index < -0.39 is 0 Å². The van der Waals surface area contributed by atoms with Crippen molar-refractivity contribution in [1.29, 1.82) is 0 Å². The molecule has 1 aromatic heterocycles. The predicted molar refractivity (Wildman–Crippen MR) is 85.8 cm³/mol. The van der Waals surface area contributed by atoms with Crippen molar-refractivity contribution in [2.75, 3.05) is 17.0 Å². The summed E-state index contributed by atoms with van der Waals surface area (Å²) in [6.45, 7) is 4.62. The number of nitrogens with two attached hydrogens (primary N) is 1. The fourth-order valence-electron chi connectivity index (χ4n) is 2.99. The van der Waals surface area contributed by atoms with Gasteiger partial charge in [-0.2, -0.15) is 0 Å². The fraction of sp³-hybridized carbons (Fsp3) is 0.714. The van der Waals surface area contributed by atoms with Gasteiger partial charge in [-0.3, -0.25) is 0 Å². The Labute approximate surface area is 125 Å². The van der Waals surface area contributed by atoms with E-state index in [1.54, 1.807) is 0 Å². The van der Waals surface area contributed by atoms with Gasteiger partial charge in [-0.1, -0.05) is 38.5 Å². The molecule has 0 saturated heterocycles. The van der Waals surface area contributed by atoms with Crippen LogP contribution in [0.3, 0.4) is 0 Å². The minimum Gasteiger partial charge on any atom is -0.367 e. The summed E-state index contributed by atoms with van der Waals surface area (Å²) in [7, 11) is 0. The maximum atomic E-state index is 5.47. The second-order valence-electron chi connectivity index (χ2n) is 5.71. The number of nitrogens with zero attached hydrogens (tertiary/aromatic N) is 2. The van der Waals surface area contributed by atoms with Crippen LogP contribution in [0.1, 0.15) is 39.5 Å². The summed E-state index contributed by atoms with van der Waals surface area (Å²) >= 11 is 1.52. The SMILES string of the molecule is CSc1nc(NN)cc(NC2CCCCC2C(C)C)n1. The number of aromatic nitrogens is 2. The lowest BCUT2D eigenvalue weighted by Gasteiger charge is -2.35. The highest BCUT2D eigenvalue weighted by Crippen LogP contribution is 2.32. The van der Waals surface area contributed by atoms with Gasteiger partial charge in [-0.25, -0.2) is 15.8 Å². The summed E-state index contributed by atoms with van der Waals surface area (Å²) in [4.78, 5) is 8.83. The normalized spacial score (nSPS) is 22.9. The minimum absolute atomic E-state index is 0.499. The van der Waals surface area contributed by atoms with Crippen LogP contribution in [0.4, 0.5) is 11.6 Å². The van der Waals surface area contributed by atoms with Gasteiger partial charge in [-0.05, 0) is 30.9 Å². The third-order valence-electron chi connectivity index (χ3n) is 4.05. The van der Waals surface area contributed by atoms with Crippen molar-refractivity contribution in [2.45, 2.75) is 50.7 Å². The second kappa shape index (κ2) is 7.13. The number of thioether (sulfide) groups is 1. The van der Waals surface area contributed by atoms with Crippen LogP contribution in [0.15, 0.2) is 11.2 Å². The zero-order valence-electron chi connectivity index (χ0n) is 12.5. The molecule has 2 unspecified atom stereocenters. The van der Waals surface area contributed by atoms with Crippen LogP contribution in [-0.2, 0) is 0 Å². The Kier molecular flexibility index (Phi) is 5.48. The molecule has 20 heavy (non-hydrogen) atoms. The molecule has 2 rings (SSSR count). The largest absolute Gasteiger partial charge is 0.367 e. The molecule has 0 aliphatic heterocycles. The van der Waals surface area contributed by atoms with E-state index in [1.807, 2.05) is 12.3 Å². The van der Waals surface area contributed by atoms with Crippen molar-refractivity contribution in [1.82, 2.24) is 9.97 Å². The van der Waals surface area contributed by atoms with Crippen molar-refractivity contribution in [3.63, 3.8) is 0 Å². The Morgan fingerprint density at radius 3 is 2.60 bits per heavy atom. The van der Waals surface area contributed by atoms with Crippen LogP contribution in [0, 0.1) is 11.8 Å². The predicted octanol–water partition coefficient (Wildman–Crippen LogP) is 3.11. The Morgan fingerprint density at radius 1 is 1.25 bits per heavy atom. The van der Waals surface area contributed by atoms with Crippen molar-refractivity contribution in [3.05, 3.63) is 6.07 Å². The quantitative estimate of drug-likeness (QED) is 0.335. The van der Waals surface area contributed by atoms with Gasteiger partial charge in [0.1, 0.15) is 11.6 Å². The highest BCUT2D eigenvalue weighted by Gasteiger charge is 2.27. The molecule has 1 saturated carbocycles. The molecule has 2 atom stereocenters. The van der Waals surface area contributed by atoms with Crippen molar-refractivity contribution in [3.8, 4) is 0 Å². The maximum Gasteiger partial charge on any atom is 0.191 e. The second-order valence-corrected chi connectivity index (χ2v) is 6.49. The molecule has 1 heterocycles. The fourth-order valence-corrected chi connectivity index (χ4v) is 3.37. The zero-order chi connectivity index (χ0) is 14.5. The van der Waals surface area contributed by atoms with Gasteiger partial charge in [0.05, 0.1) is 0 Å². The van der Waals surface area contributed by atoms with E-state index >= 15 is 0 Å². The van der Waals surface area contributed by atoms with Crippen LogP contribution in [0.2, 0.25) is 0 Å². The molecular weight excluding hydrogens is 270 g/mol. The number of rotatable bonds is 5. The van der Waals surface area contributed by atoms with Crippen LogP contribution >= 0.6 is 11.8 Å². The molecule has 0 amide bonds. The number of nitrogens with one attached hydrogen (secondary N) is 2. The van der Waals surface area contributed by atoms with Gasteiger partial charge < -0.3 is 10.7 Å². The van der Waals surface area contributed by atoms with E-state index in [1.165, 1.54) is 37.4 Å². The summed E-state index contributed by atoms with van der Waals surface area (Å²) in [5, 5.41) is 4.34. The summed E-state index contributed by atoms with van der Waals surface area (Å²) in [6.07, 6.45) is 7.13. The number of hydrogen-bond donors (Lipinski definition) is 3. The number of nitrogen functional groups attached to an aromatic ring is 1. The molecular formula is C14H25N5S. The van der Waals surface area contributed by atoms with Gasteiger partial charge in [0, 0.05) is 12.1 Å². The smallest absolute Gasteiger partial charge is 0.191 e. The van der Waals surface area contributed by atoms with Gasteiger partial charge in [0.15, 0.2) is 5.16 Å². The first-order chi connectivity index (χ1) is 9.63. The standard InChI is InChI=1S/C14H25N5S/c1-9(2)10-6-4-5-7-11(10)16-12-8-13(19-15)18-14(17-12)20-3/h8-11H,4-7,15H2,1-3H3,(H2,16,17,18,19). The van der Waals surface area contributed by atoms with Gasteiger partial charge in [-0.15, -0.1) is 0 Å². The molecule has 1 aromatic rings. The zero-order valence-corrected chi connectivity index (χ0v) is 13.3. The summed E-state index contributed by atoms with van der Waals surface area (Å²) < 4.78 is 0. The third-order valence-corrected chi connectivity index (χ3v) is 4.59. The Balaban J connectivity index is 2.15. The summed E-state index contributed by atoms with van der Waals surface area (Å²) in [6, 6.07) is 2.38. The van der Waals surface area contributed by atoms with E-state index in [4.69, 9.17) is 5.84 Å². The third kappa shape index (κ3) is 3.76. The molecule has 0 aromatic carbocycles. The highest BCUT2D eigenvalue weighted by molar-refractivity contribution is 7.98. The van der Waals surface area contributed by atoms with E-state index in [2.05, 4.69) is 34.6 Å². The first-order valence-electron chi connectivity index (χ1n) is 7.30. The van der Waals surface area contributed by atoms with Crippen LogP contribution in [0.5, 0.6) is 0 Å². The highest BCUT2D eigenvalue weighted by atomic mass is 32.2. The lowest BCUT2D eigenvalue weighted by molar-refractivity contribution is 0.253. The molecule has 0 spiro atoms. The molecule has 5 nitrogen and oxygen atoms in total. The van der Waals surface area contributed by atoms with Crippen LogP contribution < -0.4 is 16.6 Å². The van der Waals surface area contributed by atoms with Crippen LogP contribution in [-0.4, -0.2) is 22.3 Å². The summed E-state index contributed by atoms with van der Waals surface area (Å²) in [5.41, 5.74) is 2.61. The van der Waals surface area contributed by atoms with Gasteiger partial charge >= 0.3 is 0 Å². The number of hydrazine groups is 1. The average Bonchev–Trinajstić information content (AvgIpc) is 2.47. The molecule has 1 aliphatic carbocycles. The molecule has 0 bridgehead atoms. The lowest BCUT2D eigenvalue weighted by atomic mass is 9.78. The lowest BCUT2D eigenvalue weighted by Crippen LogP contribution is -2.35. The van der Waals surface area contributed by atoms with Crippen molar-refractivity contribution in [2.24, 2.45) is 17.7 Å². The molecule has 112 valence electrons. The van der Waals surface area contributed by atoms with Crippen molar-refractivity contribution >= 4 is 23.4 Å². The maximum absolute atomic E-state index is 5.47. The Bertz CT molecular complexity index is 415. The molecule has 4 N–H and O–H groups in total. The van der Waals surface area contributed by atoms with Crippen LogP contribution in [0.25, 0.3) is 0 Å². The summed E-state index contributed by atoms with van der Waals surface area (Å²) in [5.74, 6) is 8.41. The first kappa shape index (κ1) is 15.4. The Hall–Kier alpha value is -1.01. The van der Waals surface area contributed by atoms with Crippen molar-refractivity contribution < 1.29 is 0 Å².